The second-order valence-electron chi connectivity index (χ2n) is 3.76. The molecule has 0 bridgehead atoms. The summed E-state index contributed by atoms with van der Waals surface area (Å²) in [5.74, 6) is 0.905. The van der Waals surface area contributed by atoms with Gasteiger partial charge in [-0.25, -0.2) is 0 Å². The molecule has 0 saturated carbocycles. The molecule has 4 nitrogen and oxygen atoms in total. The van der Waals surface area contributed by atoms with Crippen LogP contribution in [-0.2, 0) is 6.54 Å². The Morgan fingerprint density at radius 1 is 1.29 bits per heavy atom. The molecule has 0 amide bonds. The topological polar surface area (TPSA) is 47.3 Å². The normalized spacial score (nSPS) is 10.2. The van der Waals surface area contributed by atoms with Gasteiger partial charge in [0.05, 0.1) is 12.8 Å². The van der Waals surface area contributed by atoms with Gasteiger partial charge in [-0.1, -0.05) is 12.1 Å². The van der Waals surface area contributed by atoms with E-state index in [9.17, 15) is 0 Å². The van der Waals surface area contributed by atoms with E-state index in [1.807, 2.05) is 24.3 Å². The molecule has 0 aliphatic rings. The lowest BCUT2D eigenvalue weighted by atomic mass is 10.3. The van der Waals surface area contributed by atoms with E-state index >= 15 is 0 Å². The number of aromatic nitrogens is 1. The minimum absolute atomic E-state index is 0.707. The average molecular weight is 232 g/mol. The van der Waals surface area contributed by atoms with E-state index < -0.39 is 0 Å². The van der Waals surface area contributed by atoms with Gasteiger partial charge in [0, 0.05) is 17.8 Å². The van der Waals surface area contributed by atoms with Crippen LogP contribution in [0.2, 0.25) is 0 Å². The molecule has 0 aliphatic carbocycles. The molecule has 0 saturated heterocycles. The lowest BCUT2D eigenvalue weighted by molar-refractivity contribution is 0.317. The van der Waals surface area contributed by atoms with E-state index in [0.717, 1.165) is 30.0 Å². The Labute approximate surface area is 101 Å². The van der Waals surface area contributed by atoms with Crippen molar-refractivity contribution in [3.63, 3.8) is 0 Å². The molecule has 2 rings (SSSR count). The molecular weight excluding hydrogens is 216 g/mol. The summed E-state index contributed by atoms with van der Waals surface area (Å²) in [7, 11) is 0. The second-order valence-corrected chi connectivity index (χ2v) is 3.76. The SMILES string of the molecule is CCCOc1ccc(NCc2cnoc2)cc1. The summed E-state index contributed by atoms with van der Waals surface area (Å²) in [6.07, 6.45) is 4.35. The van der Waals surface area contributed by atoms with Crippen molar-refractivity contribution in [2.45, 2.75) is 19.9 Å². The third-order valence-electron chi connectivity index (χ3n) is 2.31. The van der Waals surface area contributed by atoms with E-state index in [-0.39, 0.29) is 0 Å². The van der Waals surface area contributed by atoms with Crippen molar-refractivity contribution in [1.82, 2.24) is 5.16 Å². The predicted octanol–water partition coefficient (Wildman–Crippen LogP) is 3.08. The summed E-state index contributed by atoms with van der Waals surface area (Å²) in [5, 5.41) is 6.92. The molecule has 0 fully saturated rings. The first kappa shape index (κ1) is 11.5. The quantitative estimate of drug-likeness (QED) is 0.831. The second kappa shape index (κ2) is 5.94. The van der Waals surface area contributed by atoms with Crippen LogP contribution in [-0.4, -0.2) is 11.8 Å². The van der Waals surface area contributed by atoms with E-state index in [2.05, 4.69) is 17.4 Å². The number of rotatable bonds is 6. The highest BCUT2D eigenvalue weighted by atomic mass is 16.5. The van der Waals surface area contributed by atoms with Gasteiger partial charge in [-0.2, -0.15) is 0 Å². The number of hydrogen-bond donors (Lipinski definition) is 1. The Kier molecular flexibility index (Phi) is 4.02. The summed E-state index contributed by atoms with van der Waals surface area (Å²) >= 11 is 0. The maximum Gasteiger partial charge on any atom is 0.128 e. The Balaban J connectivity index is 1.85. The van der Waals surface area contributed by atoms with Gasteiger partial charge < -0.3 is 14.6 Å². The zero-order chi connectivity index (χ0) is 11.9. The van der Waals surface area contributed by atoms with E-state index in [1.54, 1.807) is 12.5 Å². The van der Waals surface area contributed by atoms with Crippen LogP contribution in [0.5, 0.6) is 5.75 Å². The van der Waals surface area contributed by atoms with Crippen molar-refractivity contribution < 1.29 is 9.26 Å². The molecule has 0 atom stereocenters. The van der Waals surface area contributed by atoms with Crippen molar-refractivity contribution in [1.29, 1.82) is 0 Å². The first-order valence-corrected chi connectivity index (χ1v) is 5.73. The van der Waals surface area contributed by atoms with Crippen molar-refractivity contribution in [3.8, 4) is 5.75 Å². The van der Waals surface area contributed by atoms with Gasteiger partial charge in [0.1, 0.15) is 12.0 Å². The summed E-state index contributed by atoms with van der Waals surface area (Å²) in [6.45, 7) is 3.56. The zero-order valence-electron chi connectivity index (χ0n) is 9.85. The fourth-order valence-corrected chi connectivity index (χ4v) is 1.41. The fraction of sp³-hybridized carbons (Fsp3) is 0.308. The minimum Gasteiger partial charge on any atom is -0.494 e. The molecule has 90 valence electrons. The van der Waals surface area contributed by atoms with Crippen LogP contribution in [0.3, 0.4) is 0 Å². The molecular formula is C13H16N2O2. The van der Waals surface area contributed by atoms with Gasteiger partial charge in [-0.05, 0) is 30.7 Å². The lowest BCUT2D eigenvalue weighted by Crippen LogP contribution is -1.98. The van der Waals surface area contributed by atoms with Gasteiger partial charge >= 0.3 is 0 Å². The largest absolute Gasteiger partial charge is 0.494 e. The van der Waals surface area contributed by atoms with Gasteiger partial charge in [0.2, 0.25) is 0 Å². The van der Waals surface area contributed by atoms with Gasteiger partial charge in [0.15, 0.2) is 0 Å². The summed E-state index contributed by atoms with van der Waals surface area (Å²) in [6, 6.07) is 7.92. The van der Waals surface area contributed by atoms with Crippen LogP contribution >= 0.6 is 0 Å². The molecule has 0 aliphatic heterocycles. The Morgan fingerprint density at radius 3 is 2.76 bits per heavy atom. The maximum atomic E-state index is 5.51. The van der Waals surface area contributed by atoms with Crippen LogP contribution < -0.4 is 10.1 Å². The maximum absolute atomic E-state index is 5.51. The van der Waals surface area contributed by atoms with Crippen molar-refractivity contribution in [3.05, 3.63) is 42.3 Å². The van der Waals surface area contributed by atoms with Crippen LogP contribution in [0.15, 0.2) is 41.2 Å². The molecule has 1 aromatic carbocycles. The molecule has 0 unspecified atom stereocenters. The van der Waals surface area contributed by atoms with Crippen LogP contribution in [0.25, 0.3) is 0 Å². The average Bonchev–Trinajstić information content (AvgIpc) is 2.88. The van der Waals surface area contributed by atoms with Crippen molar-refractivity contribution in [2.24, 2.45) is 0 Å². The van der Waals surface area contributed by atoms with E-state index in [0.29, 0.717) is 6.54 Å². The molecule has 17 heavy (non-hydrogen) atoms. The number of anilines is 1. The fourth-order valence-electron chi connectivity index (χ4n) is 1.41. The number of nitrogens with zero attached hydrogens (tertiary/aromatic N) is 1. The Morgan fingerprint density at radius 2 is 2.12 bits per heavy atom. The Hall–Kier alpha value is -1.97. The number of nitrogens with one attached hydrogen (secondary N) is 1. The molecule has 1 aromatic heterocycles. The third kappa shape index (κ3) is 3.52. The van der Waals surface area contributed by atoms with E-state index in [1.165, 1.54) is 0 Å². The molecule has 1 heterocycles. The standard InChI is InChI=1S/C13H16N2O2/c1-2-7-16-13-5-3-12(4-6-13)14-8-11-9-15-17-10-11/h3-6,9-10,14H,2,7-8H2,1H3. The van der Waals surface area contributed by atoms with Crippen molar-refractivity contribution in [2.75, 3.05) is 11.9 Å². The lowest BCUT2D eigenvalue weighted by Gasteiger charge is -2.07. The smallest absolute Gasteiger partial charge is 0.128 e. The highest BCUT2D eigenvalue weighted by Crippen LogP contribution is 2.16. The predicted molar refractivity (Wildman–Crippen MR) is 66.1 cm³/mol. The molecule has 2 aromatic rings. The molecule has 0 spiro atoms. The first-order chi connectivity index (χ1) is 8.38. The third-order valence-corrected chi connectivity index (χ3v) is 2.31. The first-order valence-electron chi connectivity index (χ1n) is 5.73. The summed E-state index contributed by atoms with van der Waals surface area (Å²) < 4.78 is 10.3. The highest BCUT2D eigenvalue weighted by Gasteiger charge is 1.97. The molecule has 1 N–H and O–H groups in total. The van der Waals surface area contributed by atoms with Gasteiger partial charge in [-0.15, -0.1) is 0 Å². The van der Waals surface area contributed by atoms with Crippen molar-refractivity contribution >= 4 is 5.69 Å². The highest BCUT2D eigenvalue weighted by molar-refractivity contribution is 5.46. The van der Waals surface area contributed by atoms with E-state index in [4.69, 9.17) is 9.26 Å². The van der Waals surface area contributed by atoms with Crippen LogP contribution in [0.4, 0.5) is 5.69 Å². The molecule has 4 heteroatoms. The molecule has 0 radical (unpaired) electrons. The van der Waals surface area contributed by atoms with Crippen LogP contribution in [0.1, 0.15) is 18.9 Å². The number of ether oxygens (including phenoxy) is 1. The number of hydrogen-bond acceptors (Lipinski definition) is 4. The number of benzene rings is 1. The van der Waals surface area contributed by atoms with Crippen LogP contribution in [0, 0.1) is 0 Å². The van der Waals surface area contributed by atoms with Gasteiger partial charge in [-0.3, -0.25) is 0 Å². The minimum atomic E-state index is 0.707. The Bertz CT molecular complexity index is 423. The van der Waals surface area contributed by atoms with Gasteiger partial charge in [0.25, 0.3) is 0 Å². The summed E-state index contributed by atoms with van der Waals surface area (Å²) in [5.41, 5.74) is 2.08. The summed E-state index contributed by atoms with van der Waals surface area (Å²) in [4.78, 5) is 0. The zero-order valence-corrected chi connectivity index (χ0v) is 9.85. The monoisotopic (exact) mass is 232 g/mol.